The van der Waals surface area contributed by atoms with Crippen LogP contribution in [0.15, 0.2) is 42.5 Å². The smallest absolute Gasteiger partial charge is 0.339 e. The number of halogens is 2. The second-order valence-electron chi connectivity index (χ2n) is 4.24. The molecule has 0 aliphatic rings. The lowest BCUT2D eigenvalue weighted by atomic mass is 10.2. The van der Waals surface area contributed by atoms with Gasteiger partial charge in [-0.15, -0.1) is 0 Å². The minimum Gasteiger partial charge on any atom is -0.465 e. The molecule has 0 aromatic heterocycles. The topological polar surface area (TPSA) is 67.4 Å². The molecule has 2 rings (SSSR count). The first-order chi connectivity index (χ1) is 10.5. The molecule has 0 radical (unpaired) electrons. The van der Waals surface area contributed by atoms with Gasteiger partial charge in [0.2, 0.25) is 0 Å². The number of anilines is 2. The molecular formula is C15H12F2N2O3. The predicted octanol–water partition coefficient (Wildman–Crippen LogP) is 3.40. The van der Waals surface area contributed by atoms with Crippen LogP contribution in [-0.2, 0) is 4.74 Å². The fourth-order valence-corrected chi connectivity index (χ4v) is 1.75. The van der Waals surface area contributed by atoms with E-state index in [1.54, 1.807) is 12.1 Å². The van der Waals surface area contributed by atoms with Crippen LogP contribution in [0.1, 0.15) is 10.4 Å². The van der Waals surface area contributed by atoms with Crippen LogP contribution in [0.2, 0.25) is 0 Å². The first-order valence-corrected chi connectivity index (χ1v) is 6.21. The summed E-state index contributed by atoms with van der Waals surface area (Å²) in [5.74, 6) is -2.10. The van der Waals surface area contributed by atoms with Crippen molar-refractivity contribution in [2.24, 2.45) is 0 Å². The van der Waals surface area contributed by atoms with Gasteiger partial charge in [-0.1, -0.05) is 12.1 Å². The number of carbonyl (C=O) groups excluding carboxylic acids is 2. The van der Waals surface area contributed by atoms with Crippen molar-refractivity contribution >= 4 is 23.4 Å². The van der Waals surface area contributed by atoms with Crippen molar-refractivity contribution in [2.45, 2.75) is 0 Å². The monoisotopic (exact) mass is 306 g/mol. The molecule has 2 aromatic carbocycles. The minimum atomic E-state index is -0.819. The number of carbonyl (C=O) groups is 2. The van der Waals surface area contributed by atoms with Gasteiger partial charge in [-0.25, -0.2) is 18.4 Å². The van der Waals surface area contributed by atoms with E-state index in [0.717, 1.165) is 18.2 Å². The highest BCUT2D eigenvalue weighted by atomic mass is 19.1. The second kappa shape index (κ2) is 6.66. The summed E-state index contributed by atoms with van der Waals surface area (Å²) in [6.07, 6.45) is 0. The van der Waals surface area contributed by atoms with E-state index in [2.05, 4.69) is 15.4 Å². The van der Waals surface area contributed by atoms with Crippen molar-refractivity contribution in [2.75, 3.05) is 17.7 Å². The van der Waals surface area contributed by atoms with Crippen LogP contribution in [0.3, 0.4) is 0 Å². The summed E-state index contributed by atoms with van der Waals surface area (Å²) in [6, 6.07) is 8.00. The van der Waals surface area contributed by atoms with E-state index in [1.807, 2.05) is 0 Å². The maximum atomic E-state index is 13.4. The summed E-state index contributed by atoms with van der Waals surface area (Å²) in [6.45, 7) is 0. The van der Waals surface area contributed by atoms with Gasteiger partial charge in [0.25, 0.3) is 0 Å². The number of nitrogens with one attached hydrogen (secondary N) is 2. The maximum Gasteiger partial charge on any atom is 0.339 e. The average Bonchev–Trinajstić information content (AvgIpc) is 2.50. The third-order valence-electron chi connectivity index (χ3n) is 2.76. The number of benzene rings is 2. The molecule has 0 fully saturated rings. The van der Waals surface area contributed by atoms with Crippen molar-refractivity contribution < 1.29 is 23.1 Å². The van der Waals surface area contributed by atoms with Crippen molar-refractivity contribution in [3.05, 3.63) is 59.7 Å². The highest BCUT2D eigenvalue weighted by Crippen LogP contribution is 2.18. The Bertz CT molecular complexity index is 720. The third-order valence-corrected chi connectivity index (χ3v) is 2.76. The van der Waals surface area contributed by atoms with Crippen LogP contribution < -0.4 is 10.6 Å². The van der Waals surface area contributed by atoms with E-state index in [0.29, 0.717) is 0 Å². The molecule has 0 heterocycles. The summed E-state index contributed by atoms with van der Waals surface area (Å²) >= 11 is 0. The first kappa shape index (κ1) is 15.4. The highest BCUT2D eigenvalue weighted by molar-refractivity contribution is 6.05. The lowest BCUT2D eigenvalue weighted by Crippen LogP contribution is -2.21. The van der Waals surface area contributed by atoms with Crippen molar-refractivity contribution in [1.29, 1.82) is 0 Å². The van der Waals surface area contributed by atoms with E-state index < -0.39 is 23.6 Å². The molecule has 0 saturated heterocycles. The lowest BCUT2D eigenvalue weighted by molar-refractivity contribution is 0.0602. The van der Waals surface area contributed by atoms with Crippen LogP contribution in [0.25, 0.3) is 0 Å². The van der Waals surface area contributed by atoms with Crippen LogP contribution in [0, 0.1) is 11.6 Å². The Morgan fingerprint density at radius 1 is 1.00 bits per heavy atom. The SMILES string of the molecule is COC(=O)c1ccccc1NC(=O)Nc1cc(F)ccc1F. The van der Waals surface area contributed by atoms with Gasteiger partial charge in [0.1, 0.15) is 11.6 Å². The number of hydrogen-bond donors (Lipinski definition) is 2. The molecule has 22 heavy (non-hydrogen) atoms. The number of para-hydroxylation sites is 1. The number of esters is 1. The van der Waals surface area contributed by atoms with Crippen molar-refractivity contribution in [1.82, 2.24) is 0 Å². The van der Waals surface area contributed by atoms with Gasteiger partial charge in [-0.2, -0.15) is 0 Å². The summed E-state index contributed by atoms with van der Waals surface area (Å²) in [5.41, 5.74) is 0.0107. The normalized spacial score (nSPS) is 9.95. The molecule has 0 aliphatic heterocycles. The molecule has 5 nitrogen and oxygen atoms in total. The van der Waals surface area contributed by atoms with Gasteiger partial charge in [0.15, 0.2) is 0 Å². The van der Waals surface area contributed by atoms with Crippen LogP contribution in [0.4, 0.5) is 25.0 Å². The Hall–Kier alpha value is -2.96. The first-order valence-electron chi connectivity index (χ1n) is 6.21. The zero-order chi connectivity index (χ0) is 16.1. The fourth-order valence-electron chi connectivity index (χ4n) is 1.75. The molecule has 0 saturated carbocycles. The minimum absolute atomic E-state index is 0.139. The number of amides is 2. The van der Waals surface area contributed by atoms with Crippen molar-refractivity contribution in [3.8, 4) is 0 Å². The quantitative estimate of drug-likeness (QED) is 0.854. The van der Waals surface area contributed by atoms with Crippen molar-refractivity contribution in [3.63, 3.8) is 0 Å². The standard InChI is InChI=1S/C15H12F2N2O3/c1-22-14(20)10-4-2-3-5-12(10)18-15(21)19-13-8-9(16)6-7-11(13)17/h2-8H,1H3,(H2,18,19,21). The Morgan fingerprint density at radius 2 is 1.68 bits per heavy atom. The Morgan fingerprint density at radius 3 is 2.41 bits per heavy atom. The third kappa shape index (κ3) is 3.57. The molecule has 7 heteroatoms. The van der Waals surface area contributed by atoms with Gasteiger partial charge in [-0.3, -0.25) is 0 Å². The van der Waals surface area contributed by atoms with Gasteiger partial charge >= 0.3 is 12.0 Å². The molecule has 2 amide bonds. The van der Waals surface area contributed by atoms with E-state index >= 15 is 0 Å². The zero-order valence-electron chi connectivity index (χ0n) is 11.5. The molecule has 0 atom stereocenters. The van der Waals surface area contributed by atoms with Crippen LogP contribution in [0.5, 0.6) is 0 Å². The molecule has 0 spiro atoms. The van der Waals surface area contributed by atoms with E-state index in [1.165, 1.54) is 19.2 Å². The van der Waals surface area contributed by atoms with Crippen LogP contribution >= 0.6 is 0 Å². The van der Waals surface area contributed by atoms with E-state index in [4.69, 9.17) is 0 Å². The molecule has 114 valence electrons. The molecule has 0 aliphatic carbocycles. The average molecular weight is 306 g/mol. The zero-order valence-corrected chi connectivity index (χ0v) is 11.5. The summed E-state index contributed by atoms with van der Waals surface area (Å²) in [4.78, 5) is 23.4. The molecule has 2 N–H and O–H groups in total. The van der Waals surface area contributed by atoms with E-state index in [9.17, 15) is 18.4 Å². The predicted molar refractivity (Wildman–Crippen MR) is 76.8 cm³/mol. The number of ether oxygens (including phenoxy) is 1. The van der Waals surface area contributed by atoms with Crippen LogP contribution in [-0.4, -0.2) is 19.1 Å². The molecular weight excluding hydrogens is 294 g/mol. The Labute approximate surface area is 124 Å². The summed E-state index contributed by atoms with van der Waals surface area (Å²) in [5, 5.41) is 4.55. The highest BCUT2D eigenvalue weighted by Gasteiger charge is 2.14. The number of urea groups is 1. The number of rotatable bonds is 3. The lowest BCUT2D eigenvalue weighted by Gasteiger charge is -2.11. The molecule has 0 bridgehead atoms. The largest absolute Gasteiger partial charge is 0.465 e. The Kier molecular flexibility index (Phi) is 4.67. The fraction of sp³-hybridized carbons (Fsp3) is 0.0667. The molecule has 2 aromatic rings. The summed E-state index contributed by atoms with van der Waals surface area (Å²) < 4.78 is 31.1. The second-order valence-corrected chi connectivity index (χ2v) is 4.24. The summed E-state index contributed by atoms with van der Waals surface area (Å²) in [7, 11) is 1.21. The molecule has 0 unspecified atom stereocenters. The van der Waals surface area contributed by atoms with Gasteiger partial charge in [0.05, 0.1) is 24.0 Å². The maximum absolute atomic E-state index is 13.4. The van der Waals surface area contributed by atoms with Gasteiger partial charge in [0, 0.05) is 6.07 Å². The van der Waals surface area contributed by atoms with E-state index in [-0.39, 0.29) is 16.9 Å². The van der Waals surface area contributed by atoms with Gasteiger partial charge < -0.3 is 15.4 Å². The number of hydrogen-bond acceptors (Lipinski definition) is 3. The Balaban J connectivity index is 2.16. The van der Waals surface area contributed by atoms with Gasteiger partial charge in [-0.05, 0) is 24.3 Å². The number of methoxy groups -OCH3 is 1.